The van der Waals surface area contributed by atoms with Crippen LogP contribution in [0.15, 0.2) is 24.3 Å². The summed E-state index contributed by atoms with van der Waals surface area (Å²) in [6.45, 7) is 3.55. The SMILES string of the molecule is CN1CCCC(c2ccc(OCCN)cc2)C1. The van der Waals surface area contributed by atoms with Crippen LogP contribution in [-0.2, 0) is 0 Å². The Bertz CT molecular complexity index is 337. The molecule has 1 saturated heterocycles. The van der Waals surface area contributed by atoms with E-state index in [0.717, 1.165) is 5.75 Å². The van der Waals surface area contributed by atoms with E-state index in [1.165, 1.54) is 31.5 Å². The second kappa shape index (κ2) is 6.03. The molecular weight excluding hydrogens is 212 g/mol. The summed E-state index contributed by atoms with van der Waals surface area (Å²) in [7, 11) is 2.20. The zero-order valence-electron chi connectivity index (χ0n) is 10.6. The number of likely N-dealkylation sites (N-methyl/N-ethyl adjacent to an activating group) is 1. The van der Waals surface area contributed by atoms with Crippen molar-refractivity contribution in [2.75, 3.05) is 33.3 Å². The molecule has 2 N–H and O–H groups in total. The Balaban J connectivity index is 1.96. The van der Waals surface area contributed by atoms with E-state index < -0.39 is 0 Å². The Kier molecular flexibility index (Phi) is 4.40. The maximum absolute atomic E-state index is 5.48. The lowest BCUT2D eigenvalue weighted by molar-refractivity contribution is 0.250. The van der Waals surface area contributed by atoms with Gasteiger partial charge in [0.05, 0.1) is 0 Å². The van der Waals surface area contributed by atoms with Crippen LogP contribution in [0.2, 0.25) is 0 Å². The highest BCUT2D eigenvalue weighted by atomic mass is 16.5. The van der Waals surface area contributed by atoms with Crippen LogP contribution in [0.3, 0.4) is 0 Å². The van der Waals surface area contributed by atoms with Gasteiger partial charge < -0.3 is 15.4 Å². The van der Waals surface area contributed by atoms with Crippen molar-refractivity contribution in [1.82, 2.24) is 4.90 Å². The van der Waals surface area contributed by atoms with Gasteiger partial charge >= 0.3 is 0 Å². The number of nitrogens with zero attached hydrogens (tertiary/aromatic N) is 1. The van der Waals surface area contributed by atoms with Crippen molar-refractivity contribution >= 4 is 0 Å². The van der Waals surface area contributed by atoms with E-state index in [2.05, 4.69) is 36.2 Å². The number of hydrogen-bond donors (Lipinski definition) is 1. The number of nitrogens with two attached hydrogens (primary N) is 1. The Morgan fingerprint density at radius 2 is 2.12 bits per heavy atom. The minimum Gasteiger partial charge on any atom is -0.492 e. The lowest BCUT2D eigenvalue weighted by Gasteiger charge is -2.30. The lowest BCUT2D eigenvalue weighted by Crippen LogP contribution is -2.30. The van der Waals surface area contributed by atoms with Crippen molar-refractivity contribution in [3.05, 3.63) is 29.8 Å². The van der Waals surface area contributed by atoms with Crippen LogP contribution < -0.4 is 10.5 Å². The summed E-state index contributed by atoms with van der Waals surface area (Å²) in [6.07, 6.45) is 2.60. The number of rotatable bonds is 4. The smallest absolute Gasteiger partial charge is 0.119 e. The summed E-state index contributed by atoms with van der Waals surface area (Å²) in [6, 6.07) is 8.49. The van der Waals surface area contributed by atoms with Gasteiger partial charge in [0.2, 0.25) is 0 Å². The Labute approximate surface area is 104 Å². The van der Waals surface area contributed by atoms with Crippen molar-refractivity contribution < 1.29 is 4.74 Å². The van der Waals surface area contributed by atoms with Crippen LogP contribution in [0, 0.1) is 0 Å². The quantitative estimate of drug-likeness (QED) is 0.864. The first-order chi connectivity index (χ1) is 8.29. The number of ether oxygens (including phenoxy) is 1. The van der Waals surface area contributed by atoms with Gasteiger partial charge in [-0.05, 0) is 50.0 Å². The first-order valence-electron chi connectivity index (χ1n) is 6.41. The summed E-state index contributed by atoms with van der Waals surface area (Å²) in [5.41, 5.74) is 6.84. The van der Waals surface area contributed by atoms with E-state index in [4.69, 9.17) is 10.5 Å². The Hall–Kier alpha value is -1.06. The predicted molar refractivity (Wildman–Crippen MR) is 70.5 cm³/mol. The minimum atomic E-state index is 0.565. The summed E-state index contributed by atoms with van der Waals surface area (Å²) in [5, 5.41) is 0. The van der Waals surface area contributed by atoms with Crippen LogP contribution in [0.5, 0.6) is 5.75 Å². The molecule has 0 spiro atoms. The summed E-state index contributed by atoms with van der Waals surface area (Å²) >= 11 is 0. The van der Waals surface area contributed by atoms with Crippen LogP contribution in [0.1, 0.15) is 24.3 Å². The van der Waals surface area contributed by atoms with Crippen LogP contribution in [-0.4, -0.2) is 38.2 Å². The molecule has 1 fully saturated rings. The molecule has 0 aromatic heterocycles. The number of benzene rings is 1. The largest absolute Gasteiger partial charge is 0.492 e. The van der Waals surface area contributed by atoms with Gasteiger partial charge in [-0.15, -0.1) is 0 Å². The van der Waals surface area contributed by atoms with Gasteiger partial charge in [0.15, 0.2) is 0 Å². The van der Waals surface area contributed by atoms with Crippen LogP contribution in [0.25, 0.3) is 0 Å². The molecule has 2 rings (SSSR count). The molecule has 0 aliphatic carbocycles. The molecule has 94 valence electrons. The molecule has 1 aliphatic rings. The number of likely N-dealkylation sites (tertiary alicyclic amines) is 1. The highest BCUT2D eigenvalue weighted by Crippen LogP contribution is 2.27. The first kappa shape index (κ1) is 12.4. The molecular formula is C14H22N2O. The second-order valence-corrected chi connectivity index (χ2v) is 4.81. The monoisotopic (exact) mass is 234 g/mol. The van der Waals surface area contributed by atoms with Gasteiger partial charge in [0.25, 0.3) is 0 Å². The molecule has 3 heteroatoms. The third-order valence-electron chi connectivity index (χ3n) is 3.36. The Morgan fingerprint density at radius 1 is 1.35 bits per heavy atom. The fraction of sp³-hybridized carbons (Fsp3) is 0.571. The molecule has 17 heavy (non-hydrogen) atoms. The van der Waals surface area contributed by atoms with Crippen molar-refractivity contribution in [3.8, 4) is 5.75 Å². The van der Waals surface area contributed by atoms with Crippen molar-refractivity contribution in [3.63, 3.8) is 0 Å². The zero-order chi connectivity index (χ0) is 12.1. The highest BCUT2D eigenvalue weighted by molar-refractivity contribution is 5.29. The molecule has 3 nitrogen and oxygen atoms in total. The summed E-state index contributed by atoms with van der Waals surface area (Å²) in [4.78, 5) is 2.41. The third kappa shape index (κ3) is 3.45. The van der Waals surface area contributed by atoms with E-state index in [0.29, 0.717) is 19.1 Å². The fourth-order valence-corrected chi connectivity index (χ4v) is 2.45. The maximum atomic E-state index is 5.48. The highest BCUT2D eigenvalue weighted by Gasteiger charge is 2.18. The molecule has 0 amide bonds. The number of hydrogen-bond acceptors (Lipinski definition) is 3. The van der Waals surface area contributed by atoms with E-state index in [1.54, 1.807) is 0 Å². The molecule has 1 heterocycles. The molecule has 1 aliphatic heterocycles. The molecule has 1 atom stereocenters. The van der Waals surface area contributed by atoms with Gasteiger partial charge in [-0.2, -0.15) is 0 Å². The van der Waals surface area contributed by atoms with Gasteiger partial charge in [0.1, 0.15) is 12.4 Å². The average Bonchev–Trinajstić information content (AvgIpc) is 2.37. The van der Waals surface area contributed by atoms with Crippen LogP contribution >= 0.6 is 0 Å². The first-order valence-corrected chi connectivity index (χ1v) is 6.41. The lowest BCUT2D eigenvalue weighted by atomic mass is 9.91. The van der Waals surface area contributed by atoms with Crippen LogP contribution in [0.4, 0.5) is 0 Å². The topological polar surface area (TPSA) is 38.5 Å². The van der Waals surface area contributed by atoms with Crippen molar-refractivity contribution in [1.29, 1.82) is 0 Å². The van der Waals surface area contributed by atoms with Gasteiger partial charge in [-0.3, -0.25) is 0 Å². The standard InChI is InChI=1S/C14H22N2O/c1-16-9-2-3-13(11-16)12-4-6-14(7-5-12)17-10-8-15/h4-7,13H,2-3,8-11,15H2,1H3. The van der Waals surface area contributed by atoms with E-state index >= 15 is 0 Å². The molecule has 0 saturated carbocycles. The summed E-state index contributed by atoms with van der Waals surface area (Å²) < 4.78 is 5.48. The molecule has 1 aromatic carbocycles. The van der Waals surface area contributed by atoms with Crippen molar-refractivity contribution in [2.45, 2.75) is 18.8 Å². The van der Waals surface area contributed by atoms with E-state index in [9.17, 15) is 0 Å². The second-order valence-electron chi connectivity index (χ2n) is 4.81. The normalized spacial score (nSPS) is 21.4. The van der Waals surface area contributed by atoms with Crippen molar-refractivity contribution in [2.24, 2.45) is 5.73 Å². The van der Waals surface area contributed by atoms with Gasteiger partial charge in [-0.1, -0.05) is 12.1 Å². The zero-order valence-corrected chi connectivity index (χ0v) is 10.6. The minimum absolute atomic E-state index is 0.565. The molecule has 0 bridgehead atoms. The van der Waals surface area contributed by atoms with Gasteiger partial charge in [0, 0.05) is 13.1 Å². The van der Waals surface area contributed by atoms with E-state index in [-0.39, 0.29) is 0 Å². The fourth-order valence-electron chi connectivity index (χ4n) is 2.45. The number of piperidine rings is 1. The predicted octanol–water partition coefficient (Wildman–Crippen LogP) is 1.83. The average molecular weight is 234 g/mol. The van der Waals surface area contributed by atoms with E-state index in [1.807, 2.05) is 0 Å². The molecule has 1 aromatic rings. The third-order valence-corrected chi connectivity index (χ3v) is 3.36. The van der Waals surface area contributed by atoms with Gasteiger partial charge in [-0.25, -0.2) is 0 Å². The Morgan fingerprint density at radius 3 is 2.76 bits per heavy atom. The maximum Gasteiger partial charge on any atom is 0.119 e. The molecule has 1 unspecified atom stereocenters. The molecule has 0 radical (unpaired) electrons. The summed E-state index contributed by atoms with van der Waals surface area (Å²) in [5.74, 6) is 1.60.